The van der Waals surface area contributed by atoms with E-state index in [-0.39, 0.29) is 5.91 Å². The normalized spacial score (nSPS) is 19.3. The van der Waals surface area contributed by atoms with Crippen molar-refractivity contribution in [3.8, 4) is 0 Å². The van der Waals surface area contributed by atoms with Crippen LogP contribution in [-0.2, 0) is 14.3 Å². The van der Waals surface area contributed by atoms with Gasteiger partial charge in [-0.15, -0.1) is 6.58 Å². The van der Waals surface area contributed by atoms with Gasteiger partial charge < -0.3 is 14.4 Å². The van der Waals surface area contributed by atoms with Crippen LogP contribution < -0.4 is 0 Å². The fourth-order valence-corrected chi connectivity index (χ4v) is 1.59. The monoisotopic (exact) mass is 219 g/mol. The van der Waals surface area contributed by atoms with Crippen molar-refractivity contribution >= 4 is 17.5 Å². The lowest BCUT2D eigenvalue weighted by molar-refractivity contribution is -0.137. The SMILES string of the molecule is C=CCN(C(C)=O)C(Cl)C1OCCO1. The summed E-state index contributed by atoms with van der Waals surface area (Å²) in [6.07, 6.45) is 1.09. The molecule has 14 heavy (non-hydrogen) atoms. The lowest BCUT2D eigenvalue weighted by atomic mass is 10.4. The Labute approximate surface area is 88.4 Å². The van der Waals surface area contributed by atoms with Crippen LogP contribution in [-0.4, -0.2) is 42.4 Å². The Bertz CT molecular complexity index is 216. The van der Waals surface area contributed by atoms with E-state index >= 15 is 0 Å². The van der Waals surface area contributed by atoms with E-state index in [1.807, 2.05) is 0 Å². The van der Waals surface area contributed by atoms with E-state index in [1.54, 1.807) is 6.08 Å². The molecule has 4 nitrogen and oxygen atoms in total. The zero-order valence-corrected chi connectivity index (χ0v) is 8.87. The minimum Gasteiger partial charge on any atom is -0.347 e. The van der Waals surface area contributed by atoms with Crippen molar-refractivity contribution in [1.29, 1.82) is 0 Å². The molecule has 0 aromatic carbocycles. The molecule has 1 fully saturated rings. The van der Waals surface area contributed by atoms with E-state index in [1.165, 1.54) is 11.8 Å². The highest BCUT2D eigenvalue weighted by Crippen LogP contribution is 2.17. The number of ether oxygens (including phenoxy) is 2. The molecule has 0 spiro atoms. The molecule has 0 bridgehead atoms. The van der Waals surface area contributed by atoms with Crippen LogP contribution in [0.3, 0.4) is 0 Å². The summed E-state index contributed by atoms with van der Waals surface area (Å²) in [7, 11) is 0. The van der Waals surface area contributed by atoms with Gasteiger partial charge in [0.05, 0.1) is 13.2 Å². The van der Waals surface area contributed by atoms with Gasteiger partial charge >= 0.3 is 0 Å². The number of alkyl halides is 1. The molecule has 1 aliphatic heterocycles. The van der Waals surface area contributed by atoms with Crippen LogP contribution in [0.5, 0.6) is 0 Å². The van der Waals surface area contributed by atoms with Crippen LogP contribution in [0.4, 0.5) is 0 Å². The van der Waals surface area contributed by atoms with Gasteiger partial charge in [0.2, 0.25) is 5.91 Å². The third-order valence-electron chi connectivity index (χ3n) is 1.90. The number of amides is 1. The van der Waals surface area contributed by atoms with Crippen molar-refractivity contribution in [2.45, 2.75) is 18.7 Å². The molecule has 0 aliphatic carbocycles. The Hall–Kier alpha value is -0.580. The Morgan fingerprint density at radius 3 is 2.71 bits per heavy atom. The second kappa shape index (κ2) is 5.34. The molecule has 1 atom stereocenters. The molecule has 80 valence electrons. The van der Waals surface area contributed by atoms with Crippen molar-refractivity contribution in [2.75, 3.05) is 19.8 Å². The molecule has 0 aromatic heterocycles. The molecule has 1 heterocycles. The number of rotatable bonds is 4. The van der Waals surface area contributed by atoms with Crippen LogP contribution >= 0.6 is 11.6 Å². The summed E-state index contributed by atoms with van der Waals surface area (Å²) in [4.78, 5) is 12.7. The first-order valence-corrected chi connectivity index (χ1v) is 4.86. The topological polar surface area (TPSA) is 38.8 Å². The quantitative estimate of drug-likeness (QED) is 0.402. The summed E-state index contributed by atoms with van der Waals surface area (Å²) in [5.41, 5.74) is -0.590. The largest absolute Gasteiger partial charge is 0.347 e. The smallest absolute Gasteiger partial charge is 0.221 e. The van der Waals surface area contributed by atoms with Gasteiger partial charge in [-0.05, 0) is 0 Å². The van der Waals surface area contributed by atoms with E-state index in [0.717, 1.165) is 0 Å². The molecular weight excluding hydrogens is 206 g/mol. The summed E-state index contributed by atoms with van der Waals surface area (Å²) in [6.45, 7) is 6.45. The van der Waals surface area contributed by atoms with Gasteiger partial charge in [-0.3, -0.25) is 4.79 Å². The van der Waals surface area contributed by atoms with E-state index in [2.05, 4.69) is 6.58 Å². The first-order chi connectivity index (χ1) is 6.66. The zero-order chi connectivity index (χ0) is 10.6. The van der Waals surface area contributed by atoms with Crippen LogP contribution in [0.1, 0.15) is 6.92 Å². The van der Waals surface area contributed by atoms with Gasteiger partial charge in [0, 0.05) is 13.5 Å². The summed E-state index contributed by atoms with van der Waals surface area (Å²) < 4.78 is 10.4. The number of nitrogens with zero attached hydrogens (tertiary/aromatic N) is 1. The second-order valence-corrected chi connectivity index (χ2v) is 3.39. The van der Waals surface area contributed by atoms with E-state index in [0.29, 0.717) is 19.8 Å². The van der Waals surface area contributed by atoms with Crippen molar-refractivity contribution in [1.82, 2.24) is 4.90 Å². The minimum absolute atomic E-state index is 0.121. The molecular formula is C9H14ClNO3. The molecule has 0 radical (unpaired) electrons. The van der Waals surface area contributed by atoms with Gasteiger partial charge in [-0.2, -0.15) is 0 Å². The maximum Gasteiger partial charge on any atom is 0.221 e. The Morgan fingerprint density at radius 1 is 1.71 bits per heavy atom. The lowest BCUT2D eigenvalue weighted by Crippen LogP contribution is -2.43. The molecule has 5 heteroatoms. The summed E-state index contributed by atoms with van der Waals surface area (Å²) in [6, 6.07) is 0. The van der Waals surface area contributed by atoms with Crippen LogP contribution in [0, 0.1) is 0 Å². The Kier molecular flexibility index (Phi) is 4.38. The number of carbonyl (C=O) groups excluding carboxylic acids is 1. The number of hydrogen-bond donors (Lipinski definition) is 0. The minimum atomic E-state index is -0.590. The highest BCUT2D eigenvalue weighted by Gasteiger charge is 2.30. The van der Waals surface area contributed by atoms with Gasteiger partial charge in [0.15, 0.2) is 11.8 Å². The predicted octanol–water partition coefficient (Wildman–Crippen LogP) is 0.959. The summed E-state index contributed by atoms with van der Waals surface area (Å²) in [5, 5.41) is 0. The third-order valence-corrected chi connectivity index (χ3v) is 2.34. The van der Waals surface area contributed by atoms with Crippen molar-refractivity contribution in [3.05, 3.63) is 12.7 Å². The summed E-state index contributed by atoms with van der Waals surface area (Å²) >= 11 is 6.03. The number of hydrogen-bond acceptors (Lipinski definition) is 3. The fraction of sp³-hybridized carbons (Fsp3) is 0.667. The molecule has 1 saturated heterocycles. The van der Waals surface area contributed by atoms with Gasteiger partial charge in [-0.25, -0.2) is 0 Å². The number of carbonyl (C=O) groups is 1. The van der Waals surface area contributed by atoms with Crippen molar-refractivity contribution in [2.24, 2.45) is 0 Å². The molecule has 0 saturated carbocycles. The maximum absolute atomic E-state index is 11.2. The third kappa shape index (κ3) is 2.70. The van der Waals surface area contributed by atoms with Gasteiger partial charge in [0.25, 0.3) is 0 Å². The van der Waals surface area contributed by atoms with Crippen molar-refractivity contribution < 1.29 is 14.3 Å². The average Bonchev–Trinajstić information content (AvgIpc) is 2.65. The standard InChI is InChI=1S/C9H14ClNO3/c1-3-4-11(7(2)12)8(10)9-13-5-6-14-9/h3,8-9H,1,4-6H2,2H3. The van der Waals surface area contributed by atoms with Gasteiger partial charge in [0.1, 0.15) is 0 Å². The van der Waals surface area contributed by atoms with Crippen LogP contribution in [0.2, 0.25) is 0 Å². The second-order valence-electron chi connectivity index (χ2n) is 2.94. The highest BCUT2D eigenvalue weighted by molar-refractivity contribution is 6.21. The Morgan fingerprint density at radius 2 is 2.29 bits per heavy atom. The first-order valence-electron chi connectivity index (χ1n) is 4.42. The van der Waals surface area contributed by atoms with Crippen molar-refractivity contribution in [3.63, 3.8) is 0 Å². The first kappa shape index (κ1) is 11.5. The summed E-state index contributed by atoms with van der Waals surface area (Å²) in [5.74, 6) is -0.121. The van der Waals surface area contributed by atoms with Gasteiger partial charge in [-0.1, -0.05) is 17.7 Å². The zero-order valence-electron chi connectivity index (χ0n) is 8.11. The Balaban J connectivity index is 2.56. The molecule has 0 aromatic rings. The molecule has 1 rings (SSSR count). The molecule has 1 aliphatic rings. The number of halogens is 1. The highest BCUT2D eigenvalue weighted by atomic mass is 35.5. The molecule has 1 unspecified atom stereocenters. The predicted molar refractivity (Wildman–Crippen MR) is 52.9 cm³/mol. The average molecular weight is 220 g/mol. The van der Waals surface area contributed by atoms with E-state index in [9.17, 15) is 4.79 Å². The maximum atomic E-state index is 11.2. The fourth-order valence-electron chi connectivity index (χ4n) is 1.22. The molecule has 0 N–H and O–H groups in total. The van der Waals surface area contributed by atoms with E-state index < -0.39 is 11.8 Å². The van der Waals surface area contributed by atoms with Crippen LogP contribution in [0.15, 0.2) is 12.7 Å². The van der Waals surface area contributed by atoms with Crippen LogP contribution in [0.25, 0.3) is 0 Å². The molecule has 1 amide bonds. The lowest BCUT2D eigenvalue weighted by Gasteiger charge is -2.28. The van der Waals surface area contributed by atoms with E-state index in [4.69, 9.17) is 21.1 Å².